The summed E-state index contributed by atoms with van der Waals surface area (Å²) in [7, 11) is 0. The van der Waals surface area contributed by atoms with E-state index in [1.54, 1.807) is 0 Å². The van der Waals surface area contributed by atoms with Gasteiger partial charge >= 0.3 is 0 Å². The number of hydrogen-bond donors (Lipinski definition) is 2. The van der Waals surface area contributed by atoms with Crippen molar-refractivity contribution in [3.05, 3.63) is 23.9 Å². The highest BCUT2D eigenvalue weighted by atomic mass is 16.3. The summed E-state index contributed by atoms with van der Waals surface area (Å²) in [5, 5.41) is 17.6. The molecular weight excluding hydrogens is 240 g/mol. The topological polar surface area (TPSA) is 62.5 Å². The highest BCUT2D eigenvalue weighted by molar-refractivity contribution is 5.44. The first-order valence-electron chi connectivity index (χ1n) is 6.98. The van der Waals surface area contributed by atoms with Crippen molar-refractivity contribution in [2.75, 3.05) is 11.9 Å². The van der Waals surface area contributed by atoms with Gasteiger partial charge < -0.3 is 10.4 Å². The first-order valence-corrected chi connectivity index (χ1v) is 6.98. The molecule has 2 heterocycles. The van der Waals surface area contributed by atoms with Gasteiger partial charge in [-0.1, -0.05) is 18.9 Å². The lowest BCUT2D eigenvalue weighted by molar-refractivity contribution is 0.0762. The molecule has 0 bridgehead atoms. The van der Waals surface area contributed by atoms with Crippen LogP contribution in [0.3, 0.4) is 0 Å². The van der Waals surface area contributed by atoms with Crippen molar-refractivity contribution in [1.82, 2.24) is 14.6 Å². The van der Waals surface area contributed by atoms with Crippen LogP contribution in [0.4, 0.5) is 5.95 Å². The average Bonchev–Trinajstić information content (AvgIpc) is 2.82. The Balaban J connectivity index is 1.69. The van der Waals surface area contributed by atoms with Gasteiger partial charge in [0, 0.05) is 18.2 Å². The Hall–Kier alpha value is -1.62. The Labute approximate surface area is 112 Å². The second kappa shape index (κ2) is 5.17. The number of rotatable bonds is 3. The van der Waals surface area contributed by atoms with Crippen LogP contribution in [0.25, 0.3) is 5.65 Å². The molecule has 102 valence electrons. The summed E-state index contributed by atoms with van der Waals surface area (Å²) in [4.78, 5) is 4.44. The highest BCUT2D eigenvalue weighted by Crippen LogP contribution is 2.24. The van der Waals surface area contributed by atoms with Gasteiger partial charge in [0.1, 0.15) is 0 Å². The number of aromatic nitrogens is 3. The first kappa shape index (κ1) is 12.4. The largest absolute Gasteiger partial charge is 0.393 e. The van der Waals surface area contributed by atoms with Gasteiger partial charge in [-0.25, -0.2) is 4.52 Å². The van der Waals surface area contributed by atoms with Crippen LogP contribution in [-0.4, -0.2) is 32.4 Å². The summed E-state index contributed by atoms with van der Waals surface area (Å²) in [5.74, 6) is 0.966. The number of nitrogens with zero attached hydrogens (tertiary/aromatic N) is 3. The fourth-order valence-corrected chi connectivity index (χ4v) is 2.76. The second-order valence-electron chi connectivity index (χ2n) is 5.37. The molecule has 1 aliphatic rings. The molecule has 0 radical (unpaired) electrons. The zero-order valence-corrected chi connectivity index (χ0v) is 11.2. The Kier molecular flexibility index (Phi) is 3.38. The molecule has 1 fully saturated rings. The Morgan fingerprint density at radius 3 is 3.00 bits per heavy atom. The lowest BCUT2D eigenvalue weighted by Gasteiger charge is -2.27. The van der Waals surface area contributed by atoms with Gasteiger partial charge in [0.15, 0.2) is 5.65 Å². The third-order valence-electron chi connectivity index (χ3n) is 3.94. The monoisotopic (exact) mass is 260 g/mol. The van der Waals surface area contributed by atoms with Gasteiger partial charge in [-0.2, -0.15) is 4.98 Å². The number of anilines is 1. The molecule has 0 spiro atoms. The number of fused-ring (bicyclic) bond motifs is 1. The van der Waals surface area contributed by atoms with Gasteiger partial charge in [-0.3, -0.25) is 0 Å². The molecule has 0 aromatic carbocycles. The molecule has 2 N–H and O–H groups in total. The van der Waals surface area contributed by atoms with Crippen molar-refractivity contribution >= 4 is 11.6 Å². The number of nitrogens with one attached hydrogen (secondary N) is 1. The Bertz CT molecular complexity index is 566. The third kappa shape index (κ3) is 2.56. The van der Waals surface area contributed by atoms with Crippen molar-refractivity contribution in [1.29, 1.82) is 0 Å². The SMILES string of the molecule is Cc1cccc2nc(NCC3CCCCC3O)nn12. The smallest absolute Gasteiger partial charge is 0.243 e. The van der Waals surface area contributed by atoms with Crippen LogP contribution in [0.1, 0.15) is 31.4 Å². The van der Waals surface area contributed by atoms with Gasteiger partial charge in [0.05, 0.1) is 6.10 Å². The van der Waals surface area contributed by atoms with E-state index in [-0.39, 0.29) is 6.10 Å². The van der Waals surface area contributed by atoms with Gasteiger partial charge in [-0.15, -0.1) is 5.10 Å². The van der Waals surface area contributed by atoms with Crippen molar-refractivity contribution in [3.63, 3.8) is 0 Å². The van der Waals surface area contributed by atoms with Crippen molar-refractivity contribution in [2.24, 2.45) is 5.92 Å². The Morgan fingerprint density at radius 1 is 1.37 bits per heavy atom. The van der Waals surface area contributed by atoms with Crippen molar-refractivity contribution in [3.8, 4) is 0 Å². The summed E-state index contributed by atoms with van der Waals surface area (Å²) in [5.41, 5.74) is 1.92. The van der Waals surface area contributed by atoms with E-state index < -0.39 is 0 Å². The molecule has 2 unspecified atom stereocenters. The van der Waals surface area contributed by atoms with E-state index in [0.29, 0.717) is 11.9 Å². The average molecular weight is 260 g/mol. The fraction of sp³-hybridized carbons (Fsp3) is 0.571. The first-order chi connectivity index (χ1) is 9.24. The molecule has 2 aromatic rings. The van der Waals surface area contributed by atoms with Gasteiger partial charge in [0.2, 0.25) is 5.95 Å². The van der Waals surface area contributed by atoms with Crippen LogP contribution in [0.15, 0.2) is 18.2 Å². The van der Waals surface area contributed by atoms with Crippen molar-refractivity contribution in [2.45, 2.75) is 38.7 Å². The van der Waals surface area contributed by atoms with E-state index in [0.717, 1.165) is 37.1 Å². The zero-order valence-electron chi connectivity index (χ0n) is 11.2. The van der Waals surface area contributed by atoms with Crippen LogP contribution in [-0.2, 0) is 0 Å². The third-order valence-corrected chi connectivity index (χ3v) is 3.94. The molecule has 0 saturated heterocycles. The van der Waals surface area contributed by atoms with Crippen LogP contribution in [0.5, 0.6) is 0 Å². The van der Waals surface area contributed by atoms with E-state index in [4.69, 9.17) is 0 Å². The summed E-state index contributed by atoms with van der Waals surface area (Å²) < 4.78 is 1.83. The maximum atomic E-state index is 9.94. The summed E-state index contributed by atoms with van der Waals surface area (Å²) in [6, 6.07) is 5.94. The summed E-state index contributed by atoms with van der Waals surface area (Å²) in [6.07, 6.45) is 4.18. The maximum absolute atomic E-state index is 9.94. The molecule has 0 aliphatic heterocycles. The fourth-order valence-electron chi connectivity index (χ4n) is 2.76. The minimum absolute atomic E-state index is 0.181. The van der Waals surface area contributed by atoms with Crippen LogP contribution in [0, 0.1) is 12.8 Å². The number of aryl methyl sites for hydroxylation is 1. The highest BCUT2D eigenvalue weighted by Gasteiger charge is 2.23. The standard InChI is InChI=1S/C14H20N4O/c1-10-5-4-8-13-16-14(17-18(10)13)15-9-11-6-2-3-7-12(11)19/h4-5,8,11-12,19H,2-3,6-7,9H2,1H3,(H,15,17). The molecule has 19 heavy (non-hydrogen) atoms. The van der Waals surface area contributed by atoms with Crippen LogP contribution < -0.4 is 5.32 Å². The van der Waals surface area contributed by atoms with Crippen LogP contribution >= 0.6 is 0 Å². The van der Waals surface area contributed by atoms with Gasteiger partial charge in [0.25, 0.3) is 0 Å². The minimum atomic E-state index is -0.181. The maximum Gasteiger partial charge on any atom is 0.243 e. The van der Waals surface area contributed by atoms with Crippen LogP contribution in [0.2, 0.25) is 0 Å². The number of hydrogen-bond acceptors (Lipinski definition) is 4. The summed E-state index contributed by atoms with van der Waals surface area (Å²) in [6.45, 7) is 2.76. The molecular formula is C14H20N4O. The van der Waals surface area contributed by atoms with E-state index >= 15 is 0 Å². The molecule has 0 amide bonds. The quantitative estimate of drug-likeness (QED) is 0.886. The number of aliphatic hydroxyl groups excluding tert-OH is 1. The molecule has 1 saturated carbocycles. The molecule has 1 aliphatic carbocycles. The molecule has 5 heteroatoms. The predicted octanol–water partition coefficient (Wildman–Crippen LogP) is 2.00. The lowest BCUT2D eigenvalue weighted by atomic mass is 9.86. The molecule has 2 atom stereocenters. The number of pyridine rings is 1. The molecule has 2 aromatic heterocycles. The molecule has 5 nitrogen and oxygen atoms in total. The zero-order chi connectivity index (χ0) is 13.2. The summed E-state index contributed by atoms with van der Waals surface area (Å²) >= 11 is 0. The Morgan fingerprint density at radius 2 is 2.21 bits per heavy atom. The second-order valence-corrected chi connectivity index (χ2v) is 5.37. The van der Waals surface area contributed by atoms with Crippen molar-refractivity contribution < 1.29 is 5.11 Å². The van der Waals surface area contributed by atoms with Gasteiger partial charge in [-0.05, 0) is 31.9 Å². The van der Waals surface area contributed by atoms with E-state index in [9.17, 15) is 5.11 Å². The molecule has 3 rings (SSSR count). The van der Waals surface area contributed by atoms with E-state index in [1.165, 1.54) is 6.42 Å². The van der Waals surface area contributed by atoms with E-state index in [1.807, 2.05) is 29.6 Å². The number of aliphatic hydroxyl groups is 1. The lowest BCUT2D eigenvalue weighted by Crippen LogP contribution is -2.30. The van der Waals surface area contributed by atoms with E-state index in [2.05, 4.69) is 15.4 Å². The minimum Gasteiger partial charge on any atom is -0.393 e. The predicted molar refractivity (Wildman–Crippen MR) is 74.2 cm³/mol. The normalized spacial score (nSPS) is 23.7.